The van der Waals surface area contributed by atoms with E-state index in [-0.39, 0.29) is 6.54 Å². The first kappa shape index (κ1) is 19.2. The molecule has 0 bridgehead atoms. The van der Waals surface area contributed by atoms with Crippen LogP contribution in [0.4, 0.5) is 8.39 Å². The van der Waals surface area contributed by atoms with Crippen molar-refractivity contribution in [2.75, 3.05) is 26.4 Å². The van der Waals surface area contributed by atoms with E-state index in [4.69, 9.17) is 12.8 Å². The molecule has 1 fully saturated rings. The van der Waals surface area contributed by atoms with Crippen LogP contribution < -0.4 is 5.32 Å². The summed E-state index contributed by atoms with van der Waals surface area (Å²) in [5.74, 6) is 1.90. The minimum atomic E-state index is -6.59. The molecule has 0 spiro atoms. The molecule has 2 unspecified atom stereocenters. The zero-order valence-electron chi connectivity index (χ0n) is 11.7. The number of terminal acetylenes is 2. The summed E-state index contributed by atoms with van der Waals surface area (Å²) in [6.07, 6.45) is 6.10. The number of amides is 1. The van der Waals surface area contributed by atoms with E-state index in [0.717, 1.165) is 0 Å². The maximum atomic E-state index is 14.1. The number of hydrogen-bond acceptors (Lipinski definition) is 7. The number of esters is 1. The Morgan fingerprint density at radius 3 is 2.74 bits per heavy atom. The molecule has 1 saturated heterocycles. The first-order valence-electron chi connectivity index (χ1n) is 6.14. The molecule has 0 aromatic carbocycles. The van der Waals surface area contributed by atoms with Crippen LogP contribution in [-0.2, 0) is 27.9 Å². The minimum absolute atomic E-state index is 0.173. The number of rotatable bonds is 7. The van der Waals surface area contributed by atoms with E-state index in [2.05, 4.69) is 29.5 Å². The van der Waals surface area contributed by atoms with E-state index in [1.165, 1.54) is 0 Å². The normalized spacial score (nSPS) is 24.2. The van der Waals surface area contributed by atoms with Crippen molar-refractivity contribution in [3.8, 4) is 24.7 Å². The van der Waals surface area contributed by atoms with E-state index >= 15 is 0 Å². The number of carbonyl (C=O) groups is 2. The summed E-state index contributed by atoms with van der Waals surface area (Å²) < 4.78 is 45.2. The van der Waals surface area contributed by atoms with Gasteiger partial charge in [-0.2, -0.15) is 0 Å². The van der Waals surface area contributed by atoms with Gasteiger partial charge in [0.25, 0.3) is 0 Å². The first-order chi connectivity index (χ1) is 10.7. The second-order valence-electron chi connectivity index (χ2n) is 4.14. The molecule has 1 aliphatic heterocycles. The van der Waals surface area contributed by atoms with Crippen molar-refractivity contribution in [2.45, 2.75) is 12.2 Å². The summed E-state index contributed by atoms with van der Waals surface area (Å²) >= 11 is 0. The third-order valence-corrected chi connectivity index (χ3v) is 4.08. The van der Waals surface area contributed by atoms with E-state index in [0.29, 0.717) is 0 Å². The molecule has 0 aromatic rings. The van der Waals surface area contributed by atoms with Crippen LogP contribution in [0.5, 0.6) is 0 Å². The third-order valence-electron chi connectivity index (χ3n) is 2.38. The molecule has 1 rings (SSSR count). The number of hydrogen-bond donors (Lipinski definition) is 2. The van der Waals surface area contributed by atoms with Crippen LogP contribution in [0.15, 0.2) is 0 Å². The fraction of sp³-hybridized carbons (Fsp3) is 0.500. The topological polar surface area (TPSA) is 103 Å². The summed E-state index contributed by atoms with van der Waals surface area (Å²) in [6, 6.07) is 0. The molecule has 2 N–H and O–H groups in total. The van der Waals surface area contributed by atoms with Gasteiger partial charge in [-0.05, 0) is 0 Å². The van der Waals surface area contributed by atoms with Gasteiger partial charge in [0.15, 0.2) is 0 Å². The first-order valence-corrected chi connectivity index (χ1v) is 7.91. The molecule has 0 aliphatic carbocycles. The van der Waals surface area contributed by atoms with E-state index in [1.54, 1.807) is 0 Å². The van der Waals surface area contributed by atoms with E-state index < -0.39 is 51.8 Å². The van der Waals surface area contributed by atoms with E-state index in [1.807, 2.05) is 5.92 Å². The second-order valence-corrected chi connectivity index (χ2v) is 6.27. The van der Waals surface area contributed by atoms with Crippen molar-refractivity contribution in [1.29, 1.82) is 0 Å². The summed E-state index contributed by atoms with van der Waals surface area (Å²) in [7, 11) is -6.59. The Kier molecular flexibility index (Phi) is 6.39. The molecule has 23 heavy (non-hydrogen) atoms. The van der Waals surface area contributed by atoms with Crippen LogP contribution in [0.25, 0.3) is 0 Å². The van der Waals surface area contributed by atoms with Crippen LogP contribution >= 0.6 is 7.91 Å². The van der Waals surface area contributed by atoms with Gasteiger partial charge in [-0.1, -0.05) is 0 Å². The molecule has 1 aliphatic rings. The number of ether oxygens (including phenoxy) is 1. The monoisotopic (exact) mass is 353 g/mol. The van der Waals surface area contributed by atoms with Crippen LogP contribution in [-0.4, -0.2) is 55.6 Å². The van der Waals surface area contributed by atoms with Crippen molar-refractivity contribution >= 4 is 19.8 Å². The molecule has 0 saturated carbocycles. The third kappa shape index (κ3) is 5.71. The van der Waals surface area contributed by atoms with Gasteiger partial charge in [-0.15, -0.1) is 0 Å². The van der Waals surface area contributed by atoms with Crippen molar-refractivity contribution in [3.63, 3.8) is 0 Å². The summed E-state index contributed by atoms with van der Waals surface area (Å²) in [4.78, 5) is 22.6. The number of aliphatic hydroxyl groups excluding tert-OH is 1. The summed E-state index contributed by atoms with van der Waals surface area (Å²) in [5.41, 5.74) is 0. The number of halogens is 2. The number of nitrogens with one attached hydrogen (secondary N) is 1. The standard InChI is InChI=1S/C12H14F2NO7P/c1-3-5-15-11(17)10-8-21-23(13,14,22-10)20-7-9(16)12(18)19-6-4-2/h1-2,9-10,16H,5-8H2,(H,15,17). The molecule has 2 atom stereocenters. The zero-order chi connectivity index (χ0) is 17.5. The maximum absolute atomic E-state index is 14.1. The van der Waals surface area contributed by atoms with Crippen LogP contribution in [0.2, 0.25) is 0 Å². The molecular weight excluding hydrogens is 339 g/mol. The number of carbonyl (C=O) groups excluding carboxylic acids is 2. The molecule has 0 aromatic heterocycles. The van der Waals surface area contributed by atoms with Gasteiger partial charge in [0.2, 0.25) is 0 Å². The van der Waals surface area contributed by atoms with Gasteiger partial charge in [-0.3, -0.25) is 0 Å². The Morgan fingerprint density at radius 2 is 2.13 bits per heavy atom. The molecule has 8 nitrogen and oxygen atoms in total. The molecular formula is C12H14F2NO7P. The average molecular weight is 353 g/mol. The Bertz CT molecular complexity index is 557. The van der Waals surface area contributed by atoms with Crippen LogP contribution in [0, 0.1) is 24.7 Å². The fourth-order valence-corrected chi connectivity index (χ4v) is 2.85. The van der Waals surface area contributed by atoms with Gasteiger partial charge in [0, 0.05) is 0 Å². The Balaban J connectivity index is 2.55. The summed E-state index contributed by atoms with van der Waals surface area (Å²) in [6.45, 7) is -2.53. The van der Waals surface area contributed by atoms with Gasteiger partial charge < -0.3 is 0 Å². The molecule has 1 heterocycles. The van der Waals surface area contributed by atoms with Gasteiger partial charge in [0.1, 0.15) is 0 Å². The predicted molar refractivity (Wildman–Crippen MR) is 73.6 cm³/mol. The second kappa shape index (κ2) is 7.64. The Hall–Kier alpha value is -1.81. The van der Waals surface area contributed by atoms with Crippen LogP contribution in [0.3, 0.4) is 0 Å². The van der Waals surface area contributed by atoms with Gasteiger partial charge in [-0.25, -0.2) is 0 Å². The SMILES string of the molecule is C#CCNC(=O)C1COP(F)(F)(OCC(O)C(=O)OCC#C)O1. The van der Waals surface area contributed by atoms with Gasteiger partial charge >= 0.3 is 130 Å². The Morgan fingerprint density at radius 1 is 1.43 bits per heavy atom. The fourth-order valence-electron chi connectivity index (χ4n) is 1.35. The average Bonchev–Trinajstić information content (AvgIpc) is 2.85. The van der Waals surface area contributed by atoms with Gasteiger partial charge in [0.05, 0.1) is 0 Å². The molecule has 128 valence electrons. The van der Waals surface area contributed by atoms with Crippen LogP contribution in [0.1, 0.15) is 0 Å². The zero-order valence-corrected chi connectivity index (χ0v) is 12.6. The molecule has 1 amide bonds. The van der Waals surface area contributed by atoms with Crippen molar-refractivity contribution < 1.29 is 41.4 Å². The van der Waals surface area contributed by atoms with Crippen molar-refractivity contribution in [2.24, 2.45) is 0 Å². The molecule has 11 heteroatoms. The Labute approximate surface area is 130 Å². The van der Waals surface area contributed by atoms with Crippen molar-refractivity contribution in [1.82, 2.24) is 5.32 Å². The molecule has 0 radical (unpaired) electrons. The summed E-state index contributed by atoms with van der Waals surface area (Å²) in [5, 5.41) is 11.5. The quantitative estimate of drug-likeness (QED) is 0.370. The van der Waals surface area contributed by atoms with E-state index in [9.17, 15) is 23.1 Å². The predicted octanol–water partition coefficient (Wildman–Crippen LogP) is -0.228. The van der Waals surface area contributed by atoms with Crippen molar-refractivity contribution in [3.05, 3.63) is 0 Å². The number of aliphatic hydroxyl groups is 1.